The van der Waals surface area contributed by atoms with Gasteiger partial charge in [0.1, 0.15) is 11.4 Å². The summed E-state index contributed by atoms with van der Waals surface area (Å²) in [4.78, 5) is 16.0. The van der Waals surface area contributed by atoms with Crippen molar-refractivity contribution in [2.45, 2.75) is 60.1 Å². The number of ether oxygens (including phenoxy) is 1. The molecule has 2 N–H and O–H groups in total. The van der Waals surface area contributed by atoms with E-state index in [0.29, 0.717) is 30.8 Å². The second-order valence-electron chi connectivity index (χ2n) is 7.09. The molecule has 0 aliphatic heterocycles. The Kier molecular flexibility index (Phi) is 7.55. The summed E-state index contributed by atoms with van der Waals surface area (Å²) in [6.07, 6.45) is 2.24. The second kappa shape index (κ2) is 8.91. The molecule has 1 aromatic heterocycles. The zero-order valence-corrected chi connectivity index (χ0v) is 15.2. The van der Waals surface area contributed by atoms with E-state index < -0.39 is 5.60 Å². The highest BCUT2D eigenvalue weighted by Crippen LogP contribution is 2.11. The van der Waals surface area contributed by atoms with E-state index in [2.05, 4.69) is 29.5 Å². The van der Waals surface area contributed by atoms with Gasteiger partial charge in [-0.1, -0.05) is 20.8 Å². The summed E-state index contributed by atoms with van der Waals surface area (Å²) in [5.41, 5.74) is -0.475. The Morgan fingerprint density at radius 1 is 1.35 bits per heavy atom. The number of aryl methyl sites for hydroxylation is 1. The Labute approximate surface area is 139 Å². The fourth-order valence-electron chi connectivity index (χ4n) is 2.03. The molecule has 0 saturated carbocycles. The molecule has 0 radical (unpaired) electrons. The highest BCUT2D eigenvalue weighted by molar-refractivity contribution is 5.67. The van der Waals surface area contributed by atoms with Gasteiger partial charge in [0.2, 0.25) is 5.89 Å². The van der Waals surface area contributed by atoms with E-state index in [9.17, 15) is 4.79 Å². The predicted octanol–water partition coefficient (Wildman–Crippen LogP) is 3.12. The van der Waals surface area contributed by atoms with Gasteiger partial charge in [-0.25, -0.2) is 9.78 Å². The lowest BCUT2D eigenvalue weighted by Crippen LogP contribution is -2.39. The summed E-state index contributed by atoms with van der Waals surface area (Å²) >= 11 is 0. The molecule has 1 aromatic rings. The molecule has 1 heterocycles. The summed E-state index contributed by atoms with van der Waals surface area (Å²) in [6, 6.07) is 0. The minimum Gasteiger partial charge on any atom is -0.444 e. The van der Waals surface area contributed by atoms with Crippen molar-refractivity contribution >= 4 is 6.09 Å². The van der Waals surface area contributed by atoms with Crippen molar-refractivity contribution < 1.29 is 13.9 Å². The molecule has 23 heavy (non-hydrogen) atoms. The Hall–Kier alpha value is -1.56. The average molecular weight is 325 g/mol. The number of carbonyl (C=O) groups excluding carboxylic acids is 1. The smallest absolute Gasteiger partial charge is 0.407 e. The molecule has 1 amide bonds. The molecule has 0 aromatic carbocycles. The van der Waals surface area contributed by atoms with E-state index in [4.69, 9.17) is 9.15 Å². The molecule has 1 unspecified atom stereocenters. The molecular weight excluding hydrogens is 294 g/mol. The molecular formula is C17H31N3O3. The maximum absolute atomic E-state index is 11.7. The Morgan fingerprint density at radius 2 is 2.04 bits per heavy atom. The van der Waals surface area contributed by atoms with Crippen molar-refractivity contribution in [3.63, 3.8) is 0 Å². The first-order valence-corrected chi connectivity index (χ1v) is 8.32. The molecule has 1 atom stereocenters. The lowest BCUT2D eigenvalue weighted by molar-refractivity contribution is 0.0514. The minimum atomic E-state index is -0.475. The first-order chi connectivity index (χ1) is 10.7. The van der Waals surface area contributed by atoms with Gasteiger partial charge in [-0.15, -0.1) is 0 Å². The molecule has 6 heteroatoms. The van der Waals surface area contributed by atoms with Crippen LogP contribution in [0.3, 0.4) is 0 Å². The molecule has 0 aliphatic rings. The molecule has 1 rings (SSSR count). The van der Waals surface area contributed by atoms with Crippen molar-refractivity contribution in [1.29, 1.82) is 0 Å². The molecule has 0 fully saturated rings. The average Bonchev–Trinajstić information content (AvgIpc) is 2.88. The van der Waals surface area contributed by atoms with Gasteiger partial charge in [0.15, 0.2) is 0 Å². The molecule has 132 valence electrons. The third kappa shape index (κ3) is 8.02. The standard InChI is InChI=1S/C17H31N3O3/c1-7-14-10-19-15(22-14)11-18-8-13(12(2)3)9-20-16(21)23-17(4,5)6/h10,12-13,18H,7-9,11H2,1-6H3,(H,20,21). The van der Waals surface area contributed by atoms with Crippen LogP contribution in [0.5, 0.6) is 0 Å². The number of aromatic nitrogens is 1. The van der Waals surface area contributed by atoms with Crippen molar-refractivity contribution in [3.8, 4) is 0 Å². The lowest BCUT2D eigenvalue weighted by Gasteiger charge is -2.24. The number of nitrogens with one attached hydrogen (secondary N) is 2. The number of nitrogens with zero attached hydrogens (tertiary/aromatic N) is 1. The number of hydrogen-bond acceptors (Lipinski definition) is 5. The molecule has 0 spiro atoms. The third-order valence-corrected chi connectivity index (χ3v) is 3.48. The molecule has 0 bridgehead atoms. The number of carbonyl (C=O) groups is 1. The summed E-state index contributed by atoms with van der Waals surface area (Å²) < 4.78 is 10.8. The van der Waals surface area contributed by atoms with Crippen LogP contribution in [-0.4, -0.2) is 29.8 Å². The monoisotopic (exact) mass is 325 g/mol. The fraction of sp³-hybridized carbons (Fsp3) is 0.765. The van der Waals surface area contributed by atoms with Crippen LogP contribution in [0.1, 0.15) is 53.2 Å². The van der Waals surface area contributed by atoms with Gasteiger partial charge in [0.25, 0.3) is 0 Å². The van der Waals surface area contributed by atoms with Crippen LogP contribution < -0.4 is 10.6 Å². The number of hydrogen-bond donors (Lipinski definition) is 2. The summed E-state index contributed by atoms with van der Waals surface area (Å²) in [7, 11) is 0. The van der Waals surface area contributed by atoms with E-state index in [1.807, 2.05) is 27.7 Å². The predicted molar refractivity (Wildman–Crippen MR) is 90.2 cm³/mol. The maximum atomic E-state index is 11.7. The quantitative estimate of drug-likeness (QED) is 0.768. The lowest BCUT2D eigenvalue weighted by atomic mass is 9.96. The first kappa shape index (κ1) is 19.5. The van der Waals surface area contributed by atoms with Gasteiger partial charge in [-0.2, -0.15) is 0 Å². The van der Waals surface area contributed by atoms with E-state index in [1.54, 1.807) is 6.20 Å². The fourth-order valence-corrected chi connectivity index (χ4v) is 2.03. The number of amides is 1. The van der Waals surface area contributed by atoms with Crippen molar-refractivity contribution in [1.82, 2.24) is 15.6 Å². The zero-order valence-electron chi connectivity index (χ0n) is 15.2. The number of alkyl carbamates (subject to hydrolysis) is 1. The van der Waals surface area contributed by atoms with E-state index >= 15 is 0 Å². The van der Waals surface area contributed by atoms with Gasteiger partial charge in [-0.3, -0.25) is 0 Å². The maximum Gasteiger partial charge on any atom is 0.407 e. The van der Waals surface area contributed by atoms with Crippen molar-refractivity contribution in [3.05, 3.63) is 17.8 Å². The van der Waals surface area contributed by atoms with E-state index in [1.165, 1.54) is 0 Å². The van der Waals surface area contributed by atoms with Gasteiger partial charge < -0.3 is 19.8 Å². The summed E-state index contributed by atoms with van der Waals surface area (Å²) in [5.74, 6) is 2.34. The van der Waals surface area contributed by atoms with Crippen molar-refractivity contribution in [2.75, 3.05) is 13.1 Å². The van der Waals surface area contributed by atoms with Crippen LogP contribution in [0.4, 0.5) is 4.79 Å². The first-order valence-electron chi connectivity index (χ1n) is 8.32. The van der Waals surface area contributed by atoms with Gasteiger partial charge in [0, 0.05) is 19.5 Å². The van der Waals surface area contributed by atoms with Gasteiger partial charge in [-0.05, 0) is 32.6 Å². The van der Waals surface area contributed by atoms with Crippen LogP contribution in [0.15, 0.2) is 10.6 Å². The second-order valence-corrected chi connectivity index (χ2v) is 7.09. The van der Waals surface area contributed by atoms with Crippen molar-refractivity contribution in [2.24, 2.45) is 11.8 Å². The Morgan fingerprint density at radius 3 is 2.57 bits per heavy atom. The van der Waals surface area contributed by atoms with Crippen LogP contribution in [-0.2, 0) is 17.7 Å². The molecule has 0 aliphatic carbocycles. The summed E-state index contributed by atoms with van der Waals surface area (Å²) in [5, 5.41) is 6.19. The normalized spacial score (nSPS) is 13.2. The van der Waals surface area contributed by atoms with Crippen LogP contribution in [0.2, 0.25) is 0 Å². The Balaban J connectivity index is 2.35. The highest BCUT2D eigenvalue weighted by Gasteiger charge is 2.19. The molecule has 0 saturated heterocycles. The number of oxazole rings is 1. The third-order valence-electron chi connectivity index (χ3n) is 3.48. The summed E-state index contributed by atoms with van der Waals surface area (Å²) in [6.45, 7) is 13.8. The number of rotatable bonds is 8. The van der Waals surface area contributed by atoms with Gasteiger partial charge >= 0.3 is 6.09 Å². The largest absolute Gasteiger partial charge is 0.444 e. The zero-order chi connectivity index (χ0) is 17.5. The topological polar surface area (TPSA) is 76.4 Å². The van der Waals surface area contributed by atoms with Crippen LogP contribution in [0, 0.1) is 11.8 Å². The highest BCUT2D eigenvalue weighted by atomic mass is 16.6. The van der Waals surface area contributed by atoms with E-state index in [-0.39, 0.29) is 6.09 Å². The molecule has 6 nitrogen and oxygen atoms in total. The SMILES string of the molecule is CCc1cnc(CNCC(CNC(=O)OC(C)(C)C)C(C)C)o1. The van der Waals surface area contributed by atoms with Gasteiger partial charge in [0.05, 0.1) is 12.7 Å². The minimum absolute atomic E-state index is 0.308. The van der Waals surface area contributed by atoms with Crippen LogP contribution >= 0.6 is 0 Å². The Bertz CT molecular complexity index is 478. The van der Waals surface area contributed by atoms with E-state index in [0.717, 1.165) is 18.7 Å². The van der Waals surface area contributed by atoms with Crippen LogP contribution in [0.25, 0.3) is 0 Å².